The summed E-state index contributed by atoms with van der Waals surface area (Å²) in [5.74, 6) is -0.833. The number of carboxylic acids is 1. The molecule has 0 saturated carbocycles. The highest BCUT2D eigenvalue weighted by atomic mass is 32.2. The van der Waals surface area contributed by atoms with E-state index in [9.17, 15) is 4.79 Å². The molecule has 1 unspecified atom stereocenters. The zero-order valence-corrected chi connectivity index (χ0v) is 12.4. The number of nitrogens with zero attached hydrogens (tertiary/aromatic N) is 2. The third-order valence-electron chi connectivity index (χ3n) is 3.08. The molecule has 6 heteroatoms. The van der Waals surface area contributed by atoms with Gasteiger partial charge in [0.25, 0.3) is 0 Å². The molecule has 1 N–H and O–H groups in total. The fourth-order valence-electron chi connectivity index (χ4n) is 2.17. The highest BCUT2D eigenvalue weighted by Gasteiger charge is 2.18. The van der Waals surface area contributed by atoms with E-state index in [1.54, 1.807) is 7.11 Å². The van der Waals surface area contributed by atoms with E-state index in [-0.39, 0.29) is 11.8 Å². The molecule has 0 amide bonds. The Morgan fingerprint density at radius 1 is 1.50 bits per heavy atom. The standard InChI is InChI=1S/C14H18N2O3S/c1-3-10(8-19-2)16-12-7-5-4-6-11(12)15-14(16)20-9-13(17)18/h4-7,10H,3,8-9H2,1-2H3,(H,17,18). The van der Waals surface area contributed by atoms with Gasteiger partial charge >= 0.3 is 5.97 Å². The zero-order chi connectivity index (χ0) is 14.5. The second-order valence-electron chi connectivity index (χ2n) is 4.45. The van der Waals surface area contributed by atoms with E-state index < -0.39 is 5.97 Å². The van der Waals surface area contributed by atoms with Crippen LogP contribution in [0.4, 0.5) is 0 Å². The highest BCUT2D eigenvalue weighted by Crippen LogP contribution is 2.29. The summed E-state index contributed by atoms with van der Waals surface area (Å²) in [6, 6.07) is 8.00. The summed E-state index contributed by atoms with van der Waals surface area (Å²) in [6.45, 7) is 2.67. The van der Waals surface area contributed by atoms with Crippen LogP contribution in [0.5, 0.6) is 0 Å². The molecular formula is C14H18N2O3S. The molecule has 0 aliphatic rings. The molecule has 20 heavy (non-hydrogen) atoms. The van der Waals surface area contributed by atoms with E-state index in [4.69, 9.17) is 9.84 Å². The molecule has 0 radical (unpaired) electrons. The number of carbonyl (C=O) groups is 1. The number of hydrogen-bond donors (Lipinski definition) is 1. The van der Waals surface area contributed by atoms with Crippen LogP contribution in [0.2, 0.25) is 0 Å². The summed E-state index contributed by atoms with van der Waals surface area (Å²) >= 11 is 1.25. The molecule has 108 valence electrons. The summed E-state index contributed by atoms with van der Waals surface area (Å²) in [6.07, 6.45) is 0.898. The lowest BCUT2D eigenvalue weighted by atomic mass is 10.2. The second kappa shape index (κ2) is 6.76. The van der Waals surface area contributed by atoms with Gasteiger partial charge in [0.15, 0.2) is 5.16 Å². The van der Waals surface area contributed by atoms with E-state index in [1.165, 1.54) is 11.8 Å². The Hall–Kier alpha value is -1.53. The smallest absolute Gasteiger partial charge is 0.313 e. The lowest BCUT2D eigenvalue weighted by Gasteiger charge is -2.19. The molecule has 5 nitrogen and oxygen atoms in total. The van der Waals surface area contributed by atoms with Crippen molar-refractivity contribution in [3.05, 3.63) is 24.3 Å². The third kappa shape index (κ3) is 3.13. The SMILES string of the molecule is CCC(COC)n1c(SCC(=O)O)nc2ccccc21. The molecule has 0 fully saturated rings. The van der Waals surface area contributed by atoms with Gasteiger partial charge < -0.3 is 14.4 Å². The number of hydrogen-bond acceptors (Lipinski definition) is 4. The Bertz CT molecular complexity index is 597. The molecule has 0 saturated heterocycles. The predicted octanol–water partition coefficient (Wildman–Crippen LogP) is 2.81. The number of imidazole rings is 1. The second-order valence-corrected chi connectivity index (χ2v) is 5.40. The van der Waals surface area contributed by atoms with Crippen LogP contribution in [0.15, 0.2) is 29.4 Å². The quantitative estimate of drug-likeness (QED) is 0.795. The number of methoxy groups -OCH3 is 1. The Balaban J connectivity index is 2.45. The topological polar surface area (TPSA) is 64.3 Å². The summed E-state index contributed by atoms with van der Waals surface area (Å²) in [7, 11) is 1.67. The molecule has 1 aromatic heterocycles. The summed E-state index contributed by atoms with van der Waals surface area (Å²) in [5.41, 5.74) is 1.90. The molecule has 1 atom stereocenters. The van der Waals surface area contributed by atoms with Gasteiger partial charge in [-0.15, -0.1) is 0 Å². The molecule has 1 aromatic carbocycles. The molecule has 0 spiro atoms. The minimum atomic E-state index is -0.839. The molecular weight excluding hydrogens is 276 g/mol. The van der Waals surface area contributed by atoms with Gasteiger partial charge in [-0.2, -0.15) is 0 Å². The molecule has 0 aliphatic carbocycles. The normalized spacial score (nSPS) is 12.7. The van der Waals surface area contributed by atoms with E-state index in [1.807, 2.05) is 24.3 Å². The van der Waals surface area contributed by atoms with Crippen molar-refractivity contribution in [2.24, 2.45) is 0 Å². The number of ether oxygens (including phenoxy) is 1. The number of fused-ring (bicyclic) bond motifs is 1. The van der Waals surface area contributed by atoms with Crippen LogP contribution >= 0.6 is 11.8 Å². The fraction of sp³-hybridized carbons (Fsp3) is 0.429. The van der Waals surface area contributed by atoms with E-state index in [0.29, 0.717) is 6.61 Å². The Labute approximate surface area is 121 Å². The number of carboxylic acid groups (broad SMARTS) is 1. The van der Waals surface area contributed by atoms with Crippen LogP contribution in [-0.2, 0) is 9.53 Å². The number of aromatic nitrogens is 2. The van der Waals surface area contributed by atoms with Gasteiger partial charge in [-0.3, -0.25) is 4.79 Å². The Morgan fingerprint density at radius 2 is 2.25 bits per heavy atom. The van der Waals surface area contributed by atoms with Crippen molar-refractivity contribution in [3.8, 4) is 0 Å². The van der Waals surface area contributed by atoms with Crippen LogP contribution in [0, 0.1) is 0 Å². The van der Waals surface area contributed by atoms with Crippen LogP contribution in [-0.4, -0.2) is 40.1 Å². The van der Waals surface area contributed by atoms with Gasteiger partial charge in [-0.25, -0.2) is 4.98 Å². The van der Waals surface area contributed by atoms with Gasteiger partial charge in [0.2, 0.25) is 0 Å². The first-order chi connectivity index (χ1) is 9.67. The van der Waals surface area contributed by atoms with Gasteiger partial charge in [-0.1, -0.05) is 30.8 Å². The van der Waals surface area contributed by atoms with Crippen molar-refractivity contribution in [3.63, 3.8) is 0 Å². The van der Waals surface area contributed by atoms with Gasteiger partial charge in [-0.05, 0) is 18.6 Å². The van der Waals surface area contributed by atoms with E-state index in [2.05, 4.69) is 16.5 Å². The van der Waals surface area contributed by atoms with Crippen molar-refractivity contribution >= 4 is 28.8 Å². The van der Waals surface area contributed by atoms with Gasteiger partial charge in [0, 0.05) is 7.11 Å². The van der Waals surface area contributed by atoms with Gasteiger partial charge in [0.05, 0.1) is 29.4 Å². The lowest BCUT2D eigenvalue weighted by Crippen LogP contribution is -2.15. The number of benzene rings is 1. The van der Waals surface area contributed by atoms with Crippen molar-refractivity contribution in [1.29, 1.82) is 0 Å². The van der Waals surface area contributed by atoms with Crippen LogP contribution in [0.25, 0.3) is 11.0 Å². The monoisotopic (exact) mass is 294 g/mol. The number of thioether (sulfide) groups is 1. The minimum Gasteiger partial charge on any atom is -0.481 e. The maximum Gasteiger partial charge on any atom is 0.313 e. The summed E-state index contributed by atoms with van der Waals surface area (Å²) in [4.78, 5) is 15.3. The first-order valence-electron chi connectivity index (χ1n) is 6.47. The first kappa shape index (κ1) is 14.9. The number of para-hydroxylation sites is 2. The van der Waals surface area contributed by atoms with Crippen molar-refractivity contribution in [1.82, 2.24) is 9.55 Å². The largest absolute Gasteiger partial charge is 0.481 e. The maximum atomic E-state index is 10.8. The zero-order valence-electron chi connectivity index (χ0n) is 11.6. The van der Waals surface area contributed by atoms with Crippen molar-refractivity contribution in [2.45, 2.75) is 24.5 Å². The maximum absolute atomic E-state index is 10.8. The summed E-state index contributed by atoms with van der Waals surface area (Å²) in [5, 5.41) is 9.59. The molecule has 1 heterocycles. The molecule has 2 rings (SSSR count). The average molecular weight is 294 g/mol. The highest BCUT2D eigenvalue weighted by molar-refractivity contribution is 7.99. The summed E-state index contributed by atoms with van der Waals surface area (Å²) < 4.78 is 7.36. The average Bonchev–Trinajstić information content (AvgIpc) is 2.81. The van der Waals surface area contributed by atoms with Crippen LogP contribution < -0.4 is 0 Å². The Morgan fingerprint density at radius 3 is 2.90 bits per heavy atom. The molecule has 0 bridgehead atoms. The Kier molecular flexibility index (Phi) is 5.03. The van der Waals surface area contributed by atoms with Crippen LogP contribution in [0.1, 0.15) is 19.4 Å². The molecule has 0 aliphatic heterocycles. The molecule has 2 aromatic rings. The number of aliphatic carboxylic acids is 1. The van der Waals surface area contributed by atoms with Crippen molar-refractivity contribution < 1.29 is 14.6 Å². The minimum absolute atomic E-state index is 0.00668. The van der Waals surface area contributed by atoms with Crippen LogP contribution in [0.3, 0.4) is 0 Å². The third-order valence-corrected chi connectivity index (χ3v) is 4.02. The number of rotatable bonds is 7. The van der Waals surface area contributed by atoms with Crippen molar-refractivity contribution in [2.75, 3.05) is 19.5 Å². The van der Waals surface area contributed by atoms with Gasteiger partial charge in [0.1, 0.15) is 0 Å². The fourth-order valence-corrected chi connectivity index (χ4v) is 2.97. The van der Waals surface area contributed by atoms with E-state index >= 15 is 0 Å². The first-order valence-corrected chi connectivity index (χ1v) is 7.46. The predicted molar refractivity (Wildman–Crippen MR) is 79.3 cm³/mol. The lowest BCUT2D eigenvalue weighted by molar-refractivity contribution is -0.133. The van der Waals surface area contributed by atoms with E-state index in [0.717, 1.165) is 22.6 Å².